The molecule has 3 rings (SSSR count). The van der Waals surface area contributed by atoms with Crippen LogP contribution in [-0.4, -0.2) is 4.21 Å². The van der Waals surface area contributed by atoms with Gasteiger partial charge in [0, 0.05) is 0 Å². The minimum atomic E-state index is -1.08. The van der Waals surface area contributed by atoms with Crippen LogP contribution in [0.2, 0.25) is 0 Å². The molecule has 0 saturated heterocycles. The molecule has 1 heterocycles. The summed E-state index contributed by atoms with van der Waals surface area (Å²) < 4.78 is 12.5. The van der Waals surface area contributed by atoms with E-state index >= 15 is 0 Å². The molecule has 1 nitrogen and oxygen atoms in total. The van der Waals surface area contributed by atoms with Crippen LogP contribution in [0.15, 0.2) is 72.8 Å². The van der Waals surface area contributed by atoms with Gasteiger partial charge in [0.2, 0.25) is 0 Å². The van der Waals surface area contributed by atoms with E-state index in [9.17, 15) is 4.21 Å². The van der Waals surface area contributed by atoms with Gasteiger partial charge in [0.05, 0.1) is 20.6 Å². The summed E-state index contributed by atoms with van der Waals surface area (Å²) in [7, 11) is -1.08. The molecule has 0 bridgehead atoms. The number of rotatable bonds is 2. The Morgan fingerprint density at radius 1 is 0.611 bits per heavy atom. The third kappa shape index (κ3) is 1.95. The maximum absolute atomic E-state index is 12.5. The molecular weight excluding hydrogens is 240 g/mol. The minimum Gasteiger partial charge on any atom is -0.249 e. The van der Waals surface area contributed by atoms with Gasteiger partial charge in [-0.25, -0.2) is 4.21 Å². The van der Waals surface area contributed by atoms with Crippen LogP contribution >= 0.6 is 0 Å². The summed E-state index contributed by atoms with van der Waals surface area (Å²) in [6, 6.07) is 19.8. The first kappa shape index (κ1) is 11.2. The van der Waals surface area contributed by atoms with Crippen LogP contribution in [0.25, 0.3) is 9.81 Å². The van der Waals surface area contributed by atoms with Crippen molar-refractivity contribution in [3.63, 3.8) is 0 Å². The quantitative estimate of drug-likeness (QED) is 0.794. The fourth-order valence-corrected chi connectivity index (χ4v) is 3.33. The molecule has 0 fully saturated rings. The topological polar surface area (TPSA) is 17.1 Å². The Balaban J connectivity index is 1.93. The van der Waals surface area contributed by atoms with Gasteiger partial charge in [-0.2, -0.15) is 0 Å². The lowest BCUT2D eigenvalue weighted by Crippen LogP contribution is -1.93. The van der Waals surface area contributed by atoms with Gasteiger partial charge in [-0.15, -0.1) is 0 Å². The average molecular weight is 252 g/mol. The third-order valence-electron chi connectivity index (χ3n) is 2.90. The summed E-state index contributed by atoms with van der Waals surface area (Å²) in [5.74, 6) is 0. The Bertz CT molecular complexity index is 582. The summed E-state index contributed by atoms with van der Waals surface area (Å²) in [6.07, 6.45) is 3.90. The van der Waals surface area contributed by atoms with Gasteiger partial charge in [-0.3, -0.25) is 0 Å². The highest BCUT2D eigenvalue weighted by molar-refractivity contribution is 8.03. The zero-order valence-electron chi connectivity index (χ0n) is 9.74. The van der Waals surface area contributed by atoms with Gasteiger partial charge in [-0.1, -0.05) is 60.7 Å². The van der Waals surface area contributed by atoms with Crippen molar-refractivity contribution in [2.75, 3.05) is 0 Å². The fourth-order valence-electron chi connectivity index (χ4n) is 2.00. The van der Waals surface area contributed by atoms with Gasteiger partial charge in [-0.05, 0) is 23.3 Å². The van der Waals surface area contributed by atoms with Crippen LogP contribution < -0.4 is 0 Å². The molecular formula is C16H12OS. The number of benzene rings is 2. The van der Waals surface area contributed by atoms with E-state index in [0.717, 1.165) is 20.9 Å². The first-order valence-electron chi connectivity index (χ1n) is 5.81. The number of hydrogen-bond acceptors (Lipinski definition) is 1. The number of allylic oxidation sites excluding steroid dienone is 2. The maximum atomic E-state index is 12.5. The van der Waals surface area contributed by atoms with E-state index in [1.165, 1.54) is 0 Å². The average Bonchev–Trinajstić information content (AvgIpc) is 2.83. The van der Waals surface area contributed by atoms with Crippen LogP contribution in [0.5, 0.6) is 0 Å². The second-order valence-corrected chi connectivity index (χ2v) is 5.48. The summed E-state index contributed by atoms with van der Waals surface area (Å²) in [6.45, 7) is 0. The molecule has 2 aromatic carbocycles. The van der Waals surface area contributed by atoms with Crippen molar-refractivity contribution in [3.05, 3.63) is 83.9 Å². The lowest BCUT2D eigenvalue weighted by atomic mass is 10.2. The van der Waals surface area contributed by atoms with Crippen molar-refractivity contribution in [2.24, 2.45) is 0 Å². The molecule has 0 N–H and O–H groups in total. The van der Waals surface area contributed by atoms with E-state index in [2.05, 4.69) is 0 Å². The van der Waals surface area contributed by atoms with Gasteiger partial charge >= 0.3 is 0 Å². The van der Waals surface area contributed by atoms with Crippen molar-refractivity contribution >= 4 is 20.6 Å². The second-order valence-electron chi connectivity index (χ2n) is 4.06. The third-order valence-corrected chi connectivity index (χ3v) is 4.44. The standard InChI is InChI=1S/C16H12OS/c17-18-15(13-7-3-1-4-8-13)11-12-16(18)14-9-5-2-6-10-14/h1-12H. The van der Waals surface area contributed by atoms with E-state index in [-0.39, 0.29) is 0 Å². The Hall–Kier alpha value is -1.93. The predicted molar refractivity (Wildman–Crippen MR) is 77.0 cm³/mol. The molecule has 1 aliphatic rings. The molecule has 88 valence electrons. The molecule has 0 radical (unpaired) electrons. The Morgan fingerprint density at radius 2 is 1.00 bits per heavy atom. The zero-order chi connectivity index (χ0) is 12.4. The molecule has 0 aromatic heterocycles. The summed E-state index contributed by atoms with van der Waals surface area (Å²) in [4.78, 5) is 1.77. The van der Waals surface area contributed by atoms with E-state index in [0.29, 0.717) is 0 Å². The molecule has 0 atom stereocenters. The smallest absolute Gasteiger partial charge is 0.0861 e. The maximum Gasteiger partial charge on any atom is 0.0861 e. The molecule has 0 saturated carbocycles. The summed E-state index contributed by atoms with van der Waals surface area (Å²) in [5, 5.41) is 0. The lowest BCUT2D eigenvalue weighted by molar-refractivity contribution is 0.694. The molecule has 2 aromatic rings. The lowest BCUT2D eigenvalue weighted by Gasteiger charge is -2.05. The SMILES string of the molecule is O=S1C(c2ccccc2)=CC=C1c1ccccc1. The van der Waals surface area contributed by atoms with E-state index in [1.54, 1.807) is 0 Å². The van der Waals surface area contributed by atoms with Crippen molar-refractivity contribution < 1.29 is 4.21 Å². The first-order valence-corrected chi connectivity index (χ1v) is 6.96. The van der Waals surface area contributed by atoms with E-state index in [1.807, 2.05) is 72.8 Å². The van der Waals surface area contributed by atoms with Gasteiger partial charge in [0.15, 0.2) is 0 Å². The zero-order valence-corrected chi connectivity index (χ0v) is 10.6. The van der Waals surface area contributed by atoms with Crippen LogP contribution in [0.1, 0.15) is 11.1 Å². The highest BCUT2D eigenvalue weighted by Gasteiger charge is 2.20. The van der Waals surface area contributed by atoms with Crippen LogP contribution in [0.4, 0.5) is 0 Å². The van der Waals surface area contributed by atoms with Crippen molar-refractivity contribution in [1.82, 2.24) is 0 Å². The molecule has 0 aliphatic carbocycles. The van der Waals surface area contributed by atoms with Crippen LogP contribution in [0.3, 0.4) is 0 Å². The van der Waals surface area contributed by atoms with E-state index < -0.39 is 10.8 Å². The Labute approximate surface area is 109 Å². The Kier molecular flexibility index (Phi) is 2.95. The predicted octanol–water partition coefficient (Wildman–Crippen LogP) is 3.83. The molecule has 18 heavy (non-hydrogen) atoms. The van der Waals surface area contributed by atoms with Gasteiger partial charge in [0.25, 0.3) is 0 Å². The molecule has 2 heteroatoms. The fraction of sp³-hybridized carbons (Fsp3) is 0. The Morgan fingerprint density at radius 3 is 1.39 bits per heavy atom. The second kappa shape index (κ2) is 4.75. The van der Waals surface area contributed by atoms with Crippen molar-refractivity contribution in [3.8, 4) is 0 Å². The molecule has 0 unspecified atom stereocenters. The van der Waals surface area contributed by atoms with Crippen LogP contribution in [-0.2, 0) is 10.8 Å². The van der Waals surface area contributed by atoms with Gasteiger partial charge < -0.3 is 0 Å². The minimum absolute atomic E-state index is 0.884. The van der Waals surface area contributed by atoms with Gasteiger partial charge in [0.1, 0.15) is 0 Å². The normalized spacial score (nSPS) is 15.3. The van der Waals surface area contributed by atoms with E-state index in [4.69, 9.17) is 0 Å². The summed E-state index contributed by atoms with van der Waals surface area (Å²) >= 11 is 0. The first-order chi connectivity index (χ1) is 8.86. The highest BCUT2D eigenvalue weighted by atomic mass is 32.2. The summed E-state index contributed by atoms with van der Waals surface area (Å²) in [5.41, 5.74) is 2.05. The number of hydrogen-bond donors (Lipinski definition) is 0. The largest absolute Gasteiger partial charge is 0.249 e. The molecule has 0 amide bonds. The highest BCUT2D eigenvalue weighted by Crippen LogP contribution is 2.34. The van der Waals surface area contributed by atoms with Crippen molar-refractivity contribution in [2.45, 2.75) is 0 Å². The van der Waals surface area contributed by atoms with Crippen LogP contribution in [0, 0.1) is 0 Å². The molecule has 1 aliphatic heterocycles. The monoisotopic (exact) mass is 252 g/mol. The van der Waals surface area contributed by atoms with Crippen molar-refractivity contribution in [1.29, 1.82) is 0 Å². The molecule has 0 spiro atoms.